The third-order valence-electron chi connectivity index (χ3n) is 2.94. The summed E-state index contributed by atoms with van der Waals surface area (Å²) < 4.78 is 5.04. The second-order valence-electron chi connectivity index (χ2n) is 4.59. The van der Waals surface area contributed by atoms with Crippen molar-refractivity contribution in [2.75, 3.05) is 5.73 Å². The number of nitrogens with two attached hydrogens (primary N) is 2. The average molecular weight is 288 g/mol. The second kappa shape index (κ2) is 6.15. The zero-order valence-electron chi connectivity index (χ0n) is 11.2. The molecule has 2 aromatic rings. The Kier molecular flexibility index (Phi) is 4.30. The van der Waals surface area contributed by atoms with Crippen LogP contribution in [0, 0.1) is 0 Å². The molecule has 0 aliphatic carbocycles. The van der Waals surface area contributed by atoms with Crippen LogP contribution in [0.3, 0.4) is 0 Å². The predicted octanol–water partition coefficient (Wildman–Crippen LogP) is 1.16. The number of nitrogen functional groups attached to an aromatic ring is 1. The minimum absolute atomic E-state index is 0.0267. The fourth-order valence-corrected chi connectivity index (χ4v) is 1.78. The van der Waals surface area contributed by atoms with Crippen LogP contribution in [0.2, 0.25) is 0 Å². The van der Waals surface area contributed by atoms with E-state index in [2.05, 4.69) is 0 Å². The molecule has 0 aromatic heterocycles. The average Bonchev–Trinajstić information content (AvgIpc) is 2.46. The van der Waals surface area contributed by atoms with Crippen LogP contribution < -0.4 is 16.2 Å². The van der Waals surface area contributed by atoms with Gasteiger partial charge in [0.1, 0.15) is 11.8 Å². The van der Waals surface area contributed by atoms with Crippen LogP contribution in [0.5, 0.6) is 17.2 Å². The number of anilines is 1. The maximum Gasteiger partial charge on any atom is 0.328 e. The monoisotopic (exact) mass is 288 g/mol. The number of esters is 1. The van der Waals surface area contributed by atoms with Crippen molar-refractivity contribution in [3.63, 3.8) is 0 Å². The van der Waals surface area contributed by atoms with E-state index in [1.54, 1.807) is 18.2 Å². The van der Waals surface area contributed by atoms with E-state index >= 15 is 0 Å². The van der Waals surface area contributed by atoms with E-state index in [9.17, 15) is 15.0 Å². The molecule has 2 rings (SSSR count). The molecule has 0 fully saturated rings. The van der Waals surface area contributed by atoms with Gasteiger partial charge in [0, 0.05) is 0 Å². The van der Waals surface area contributed by atoms with E-state index in [0.29, 0.717) is 0 Å². The molecule has 0 amide bonds. The number of para-hydroxylation sites is 1. The summed E-state index contributed by atoms with van der Waals surface area (Å²) in [6.45, 7) is 0. The Hall–Kier alpha value is -2.73. The number of aromatic hydroxyl groups is 2. The molecule has 0 unspecified atom stereocenters. The third kappa shape index (κ3) is 3.64. The first kappa shape index (κ1) is 14.7. The van der Waals surface area contributed by atoms with Gasteiger partial charge in [-0.1, -0.05) is 18.2 Å². The maximum atomic E-state index is 11.9. The quantitative estimate of drug-likeness (QED) is 0.290. The molecule has 0 spiro atoms. The highest BCUT2D eigenvalue weighted by Gasteiger charge is 2.18. The van der Waals surface area contributed by atoms with Gasteiger partial charge in [0.25, 0.3) is 0 Å². The molecule has 0 radical (unpaired) electrons. The van der Waals surface area contributed by atoms with Crippen LogP contribution in [0.4, 0.5) is 5.69 Å². The molecular weight excluding hydrogens is 272 g/mol. The molecule has 0 bridgehead atoms. The van der Waals surface area contributed by atoms with Crippen LogP contribution in [-0.2, 0) is 11.2 Å². The number of benzene rings is 2. The van der Waals surface area contributed by atoms with Crippen LogP contribution in [0.1, 0.15) is 5.56 Å². The van der Waals surface area contributed by atoms with E-state index < -0.39 is 12.0 Å². The first-order valence-corrected chi connectivity index (χ1v) is 6.30. The Morgan fingerprint density at radius 1 is 1.14 bits per heavy atom. The number of rotatable bonds is 4. The summed E-state index contributed by atoms with van der Waals surface area (Å²) in [5.41, 5.74) is 12.2. The molecule has 6 N–H and O–H groups in total. The molecule has 6 heteroatoms. The summed E-state index contributed by atoms with van der Waals surface area (Å²) in [5.74, 6) is -0.854. The van der Waals surface area contributed by atoms with E-state index in [-0.39, 0.29) is 29.4 Å². The zero-order chi connectivity index (χ0) is 15.4. The number of hydrogen-bond donors (Lipinski definition) is 4. The third-order valence-corrected chi connectivity index (χ3v) is 2.94. The molecule has 21 heavy (non-hydrogen) atoms. The lowest BCUT2D eigenvalue weighted by atomic mass is 10.1. The van der Waals surface area contributed by atoms with E-state index in [1.165, 1.54) is 24.3 Å². The molecule has 2 aromatic carbocycles. The molecule has 110 valence electrons. The number of phenols is 2. The molecule has 1 atom stereocenters. The van der Waals surface area contributed by atoms with Crippen LogP contribution in [-0.4, -0.2) is 22.2 Å². The molecule has 0 aliphatic heterocycles. The van der Waals surface area contributed by atoms with Gasteiger partial charge in [-0.3, -0.25) is 0 Å². The fourth-order valence-electron chi connectivity index (χ4n) is 1.78. The van der Waals surface area contributed by atoms with Crippen molar-refractivity contribution in [2.24, 2.45) is 5.73 Å². The van der Waals surface area contributed by atoms with Gasteiger partial charge < -0.3 is 26.4 Å². The van der Waals surface area contributed by atoms with Crippen molar-refractivity contribution in [3.05, 3.63) is 48.0 Å². The summed E-state index contributed by atoms with van der Waals surface area (Å²) in [7, 11) is 0. The Bertz CT molecular complexity index is 641. The number of ether oxygens (including phenoxy) is 1. The van der Waals surface area contributed by atoms with E-state index in [0.717, 1.165) is 5.56 Å². The normalized spacial score (nSPS) is 11.9. The Morgan fingerprint density at radius 2 is 1.81 bits per heavy atom. The van der Waals surface area contributed by atoms with Crippen molar-refractivity contribution >= 4 is 11.7 Å². The predicted molar refractivity (Wildman–Crippen MR) is 77.9 cm³/mol. The van der Waals surface area contributed by atoms with Gasteiger partial charge in [0.2, 0.25) is 0 Å². The highest BCUT2D eigenvalue weighted by atomic mass is 16.5. The molecule has 0 saturated carbocycles. The minimum Gasteiger partial charge on any atom is -0.508 e. The standard InChI is InChI=1S/C15H16N2O4/c16-11-2-1-3-13(14(11)19)21-15(20)12(17)8-9-4-6-10(18)7-5-9/h1-7,12,18-19H,8,16-17H2/t12-/m0/s1. The van der Waals surface area contributed by atoms with Crippen molar-refractivity contribution < 1.29 is 19.7 Å². The van der Waals surface area contributed by atoms with Crippen LogP contribution >= 0.6 is 0 Å². The summed E-state index contributed by atoms with van der Waals surface area (Å²) in [6.07, 6.45) is 0.252. The largest absolute Gasteiger partial charge is 0.508 e. The second-order valence-corrected chi connectivity index (χ2v) is 4.59. The first-order valence-electron chi connectivity index (χ1n) is 6.30. The van der Waals surface area contributed by atoms with Gasteiger partial charge in [-0.05, 0) is 36.2 Å². The van der Waals surface area contributed by atoms with Crippen LogP contribution in [0.25, 0.3) is 0 Å². The van der Waals surface area contributed by atoms with Gasteiger partial charge in [-0.15, -0.1) is 0 Å². The fraction of sp³-hybridized carbons (Fsp3) is 0.133. The molecule has 0 aliphatic rings. The van der Waals surface area contributed by atoms with Crippen molar-refractivity contribution in [3.8, 4) is 17.2 Å². The van der Waals surface area contributed by atoms with Gasteiger partial charge >= 0.3 is 5.97 Å². The smallest absolute Gasteiger partial charge is 0.328 e. The summed E-state index contributed by atoms with van der Waals surface area (Å²) in [6, 6.07) is 9.94. The minimum atomic E-state index is -0.893. The van der Waals surface area contributed by atoms with Crippen LogP contribution in [0.15, 0.2) is 42.5 Å². The zero-order valence-corrected chi connectivity index (χ0v) is 11.2. The Balaban J connectivity index is 2.02. The van der Waals surface area contributed by atoms with Gasteiger partial charge in [0.05, 0.1) is 5.69 Å². The van der Waals surface area contributed by atoms with E-state index in [1.807, 2.05) is 0 Å². The SMILES string of the molecule is Nc1cccc(OC(=O)[C@@H](N)Cc2ccc(O)cc2)c1O. The number of phenolic OH excluding ortho intramolecular Hbond substituents is 2. The first-order chi connectivity index (χ1) is 9.97. The van der Waals surface area contributed by atoms with Crippen molar-refractivity contribution in [2.45, 2.75) is 12.5 Å². The van der Waals surface area contributed by atoms with E-state index in [4.69, 9.17) is 16.2 Å². The lowest BCUT2D eigenvalue weighted by Gasteiger charge is -2.12. The topological polar surface area (TPSA) is 119 Å². The molecule has 0 heterocycles. The molecule has 0 saturated heterocycles. The lowest BCUT2D eigenvalue weighted by Crippen LogP contribution is -2.36. The summed E-state index contributed by atoms with van der Waals surface area (Å²) in [4.78, 5) is 11.9. The summed E-state index contributed by atoms with van der Waals surface area (Å²) in [5, 5.41) is 18.9. The van der Waals surface area contributed by atoms with Gasteiger partial charge in [-0.2, -0.15) is 0 Å². The Labute approximate surface area is 121 Å². The number of hydrogen-bond acceptors (Lipinski definition) is 6. The highest BCUT2D eigenvalue weighted by Crippen LogP contribution is 2.31. The lowest BCUT2D eigenvalue weighted by molar-refractivity contribution is -0.135. The molecule has 6 nitrogen and oxygen atoms in total. The van der Waals surface area contributed by atoms with Gasteiger partial charge in [0.15, 0.2) is 11.5 Å². The van der Waals surface area contributed by atoms with Crippen molar-refractivity contribution in [1.82, 2.24) is 0 Å². The van der Waals surface area contributed by atoms with Crippen molar-refractivity contribution in [1.29, 1.82) is 0 Å². The van der Waals surface area contributed by atoms with Gasteiger partial charge in [-0.25, -0.2) is 4.79 Å². The highest BCUT2D eigenvalue weighted by molar-refractivity contribution is 5.79. The maximum absolute atomic E-state index is 11.9. The summed E-state index contributed by atoms with van der Waals surface area (Å²) >= 11 is 0. The number of carbonyl (C=O) groups excluding carboxylic acids is 1. The Morgan fingerprint density at radius 3 is 2.48 bits per heavy atom. The molecular formula is C15H16N2O4. The number of carbonyl (C=O) groups is 1.